The van der Waals surface area contributed by atoms with E-state index in [9.17, 15) is 9.90 Å². The highest BCUT2D eigenvalue weighted by atomic mass is 127. The summed E-state index contributed by atoms with van der Waals surface area (Å²) in [6, 6.07) is 3.61. The predicted molar refractivity (Wildman–Crippen MR) is 114 cm³/mol. The summed E-state index contributed by atoms with van der Waals surface area (Å²) in [4.78, 5) is 22.5. The molecule has 2 N–H and O–H groups in total. The Balaban J connectivity index is 1.93. The molecule has 0 radical (unpaired) electrons. The summed E-state index contributed by atoms with van der Waals surface area (Å²) in [6.07, 6.45) is 6.78. The second-order valence-corrected chi connectivity index (χ2v) is 9.46. The molecule has 1 aliphatic rings. The maximum Gasteiger partial charge on any atom is 0.260 e. The number of benzene rings is 1. The van der Waals surface area contributed by atoms with E-state index in [0.717, 1.165) is 34.0 Å². The monoisotopic (exact) mass is 530 g/mol. The molecule has 25 heavy (non-hydrogen) atoms. The minimum Gasteiger partial charge on any atom is -0.506 e. The van der Waals surface area contributed by atoms with Gasteiger partial charge in [-0.1, -0.05) is 28.8 Å². The van der Waals surface area contributed by atoms with Crippen LogP contribution in [-0.4, -0.2) is 15.1 Å². The van der Waals surface area contributed by atoms with Crippen molar-refractivity contribution in [3.63, 3.8) is 0 Å². The molecule has 0 bridgehead atoms. The van der Waals surface area contributed by atoms with Crippen molar-refractivity contribution in [2.24, 2.45) is 0 Å². The van der Waals surface area contributed by atoms with Gasteiger partial charge in [-0.15, -0.1) is 11.3 Å². The molecule has 0 spiro atoms. The Morgan fingerprint density at radius 3 is 2.76 bits per heavy atom. The lowest BCUT2D eigenvalue weighted by atomic mass is 9.98. The first kappa shape index (κ1) is 17.5. The van der Waals surface area contributed by atoms with E-state index in [1.807, 2.05) is 6.07 Å². The van der Waals surface area contributed by atoms with Crippen molar-refractivity contribution < 1.29 is 5.11 Å². The van der Waals surface area contributed by atoms with E-state index in [0.29, 0.717) is 15.0 Å². The Bertz CT molecular complexity index is 1030. The summed E-state index contributed by atoms with van der Waals surface area (Å²) < 4.78 is 1.55. The molecular formula is C18H16BrIN2O2S. The minimum absolute atomic E-state index is 0.104. The van der Waals surface area contributed by atoms with E-state index < -0.39 is 0 Å². The van der Waals surface area contributed by atoms with Gasteiger partial charge in [-0.25, -0.2) is 4.98 Å². The number of aromatic hydroxyl groups is 1. The predicted octanol–water partition coefficient (Wildman–Crippen LogP) is 5.38. The molecule has 2 aromatic heterocycles. The number of fused-ring (bicyclic) bond motifs is 3. The summed E-state index contributed by atoms with van der Waals surface area (Å²) in [6.45, 7) is 0. The van der Waals surface area contributed by atoms with Gasteiger partial charge in [0.1, 0.15) is 16.4 Å². The zero-order valence-corrected chi connectivity index (χ0v) is 17.9. The van der Waals surface area contributed by atoms with Gasteiger partial charge in [0.25, 0.3) is 5.56 Å². The molecule has 0 saturated heterocycles. The molecule has 4 rings (SSSR count). The third-order valence-corrected chi connectivity index (χ3v) is 7.07. The third kappa shape index (κ3) is 3.26. The standard InChI is InChI=1S/C18H16BrIN2O2S/c19-9-7-11(15(23)12(20)8-9)16-21-17(24)14-10-5-3-1-2-4-6-13(10)25-18(14)22-16/h7-8,23H,1-6H2,(H,21,22,24). The van der Waals surface area contributed by atoms with E-state index >= 15 is 0 Å². The van der Waals surface area contributed by atoms with E-state index in [1.54, 1.807) is 17.4 Å². The molecule has 0 unspecified atom stereocenters. The van der Waals surface area contributed by atoms with Gasteiger partial charge in [0.15, 0.2) is 0 Å². The molecule has 1 aliphatic carbocycles. The van der Waals surface area contributed by atoms with Crippen LogP contribution in [0.15, 0.2) is 21.4 Å². The average Bonchev–Trinajstić information content (AvgIpc) is 2.88. The quantitative estimate of drug-likeness (QED) is 0.415. The number of phenols is 1. The van der Waals surface area contributed by atoms with E-state index in [-0.39, 0.29) is 11.3 Å². The Hall–Kier alpha value is -0.930. The van der Waals surface area contributed by atoms with Crippen molar-refractivity contribution in [1.29, 1.82) is 0 Å². The number of hydrogen-bond acceptors (Lipinski definition) is 4. The molecule has 0 fully saturated rings. The molecule has 0 atom stereocenters. The number of halogens is 2. The maximum atomic E-state index is 12.8. The van der Waals surface area contributed by atoms with Crippen LogP contribution in [0.5, 0.6) is 5.75 Å². The molecule has 2 heterocycles. The van der Waals surface area contributed by atoms with Crippen LogP contribution in [-0.2, 0) is 12.8 Å². The van der Waals surface area contributed by atoms with Gasteiger partial charge in [0, 0.05) is 9.35 Å². The number of phenolic OH excluding ortho intramolecular Hbond substituents is 1. The van der Waals surface area contributed by atoms with Crippen LogP contribution in [0, 0.1) is 3.57 Å². The molecule has 0 saturated carbocycles. The Kier molecular flexibility index (Phi) is 4.89. The van der Waals surface area contributed by atoms with Gasteiger partial charge >= 0.3 is 0 Å². The fourth-order valence-electron chi connectivity index (χ4n) is 3.39. The maximum absolute atomic E-state index is 12.8. The fourth-order valence-corrected chi connectivity index (χ4v) is 6.17. The van der Waals surface area contributed by atoms with Gasteiger partial charge in [-0.05, 0) is 66.0 Å². The van der Waals surface area contributed by atoms with Crippen molar-refractivity contribution in [1.82, 2.24) is 9.97 Å². The molecule has 0 aliphatic heterocycles. The fraction of sp³-hybridized carbons (Fsp3) is 0.333. The minimum atomic E-state index is -0.104. The highest BCUT2D eigenvalue weighted by molar-refractivity contribution is 14.1. The zero-order valence-electron chi connectivity index (χ0n) is 13.4. The Morgan fingerprint density at radius 1 is 1.20 bits per heavy atom. The summed E-state index contributed by atoms with van der Waals surface area (Å²) in [7, 11) is 0. The van der Waals surface area contributed by atoms with Gasteiger partial charge < -0.3 is 10.1 Å². The first-order valence-electron chi connectivity index (χ1n) is 8.27. The van der Waals surface area contributed by atoms with E-state index in [2.05, 4.69) is 43.5 Å². The highest BCUT2D eigenvalue weighted by Crippen LogP contribution is 2.37. The number of thiophene rings is 1. The highest BCUT2D eigenvalue weighted by Gasteiger charge is 2.20. The number of H-pyrrole nitrogens is 1. The SMILES string of the molecule is O=c1[nH]c(-c2cc(Br)cc(I)c2O)nc2sc3c(c12)CCCCCC3. The first-order valence-corrected chi connectivity index (χ1v) is 11.0. The van der Waals surface area contributed by atoms with Gasteiger partial charge in [0.2, 0.25) is 0 Å². The number of nitrogens with zero attached hydrogens (tertiary/aromatic N) is 1. The first-order chi connectivity index (χ1) is 12.0. The number of hydrogen-bond donors (Lipinski definition) is 2. The van der Waals surface area contributed by atoms with Crippen molar-refractivity contribution in [2.75, 3.05) is 0 Å². The molecular weight excluding hydrogens is 515 g/mol. The molecule has 7 heteroatoms. The van der Waals surface area contributed by atoms with E-state index in [1.165, 1.54) is 29.7 Å². The molecule has 3 aromatic rings. The largest absolute Gasteiger partial charge is 0.506 e. The lowest BCUT2D eigenvalue weighted by Gasteiger charge is -2.09. The second-order valence-electron chi connectivity index (χ2n) is 6.30. The van der Waals surface area contributed by atoms with Crippen LogP contribution in [0.4, 0.5) is 0 Å². The Labute approximate surface area is 171 Å². The van der Waals surface area contributed by atoms with Crippen LogP contribution in [0.1, 0.15) is 36.1 Å². The van der Waals surface area contributed by atoms with Crippen LogP contribution in [0.2, 0.25) is 0 Å². The van der Waals surface area contributed by atoms with Crippen LogP contribution in [0.3, 0.4) is 0 Å². The Morgan fingerprint density at radius 2 is 1.96 bits per heavy atom. The normalized spacial score (nSPS) is 15.0. The van der Waals surface area contributed by atoms with Gasteiger partial charge in [-0.3, -0.25) is 4.79 Å². The molecule has 1 aromatic carbocycles. The molecule has 4 nitrogen and oxygen atoms in total. The number of aromatic nitrogens is 2. The number of nitrogens with one attached hydrogen (secondary N) is 1. The van der Waals surface area contributed by atoms with Crippen molar-refractivity contribution in [3.8, 4) is 17.1 Å². The van der Waals surface area contributed by atoms with Gasteiger partial charge in [0.05, 0.1) is 14.5 Å². The number of rotatable bonds is 1. The van der Waals surface area contributed by atoms with E-state index in [4.69, 9.17) is 4.98 Å². The van der Waals surface area contributed by atoms with Gasteiger partial charge in [-0.2, -0.15) is 0 Å². The lowest BCUT2D eigenvalue weighted by Crippen LogP contribution is -2.10. The summed E-state index contributed by atoms with van der Waals surface area (Å²) in [5.74, 6) is 0.560. The number of aryl methyl sites for hydroxylation is 2. The van der Waals surface area contributed by atoms with Crippen LogP contribution >= 0.6 is 49.9 Å². The van der Waals surface area contributed by atoms with Crippen molar-refractivity contribution in [3.05, 3.63) is 41.0 Å². The summed E-state index contributed by atoms with van der Waals surface area (Å²) in [5, 5.41) is 11.1. The zero-order chi connectivity index (χ0) is 17.6. The van der Waals surface area contributed by atoms with Crippen LogP contribution < -0.4 is 5.56 Å². The average molecular weight is 531 g/mol. The topological polar surface area (TPSA) is 66.0 Å². The summed E-state index contributed by atoms with van der Waals surface area (Å²) in [5.41, 5.74) is 1.62. The second kappa shape index (κ2) is 7.00. The van der Waals surface area contributed by atoms with Crippen molar-refractivity contribution in [2.45, 2.75) is 38.5 Å². The third-order valence-electron chi connectivity index (χ3n) is 4.61. The van der Waals surface area contributed by atoms with Crippen LogP contribution in [0.25, 0.3) is 21.6 Å². The number of aromatic amines is 1. The summed E-state index contributed by atoms with van der Waals surface area (Å²) >= 11 is 7.15. The van der Waals surface area contributed by atoms with Crippen molar-refractivity contribution >= 4 is 60.1 Å². The smallest absolute Gasteiger partial charge is 0.260 e. The molecule has 0 amide bonds. The molecule has 130 valence electrons. The lowest BCUT2D eigenvalue weighted by molar-refractivity contribution is 0.473.